The van der Waals surface area contributed by atoms with Gasteiger partial charge in [0.2, 0.25) is 0 Å². The van der Waals surface area contributed by atoms with Crippen molar-refractivity contribution < 1.29 is 5.11 Å². The Balaban J connectivity index is 1.73. The van der Waals surface area contributed by atoms with Crippen molar-refractivity contribution in [1.82, 2.24) is 5.32 Å². The number of hydrogen-bond acceptors (Lipinski definition) is 4. The Bertz CT molecular complexity index is 547. The Morgan fingerprint density at radius 2 is 2.19 bits per heavy atom. The van der Waals surface area contributed by atoms with Gasteiger partial charge in [-0.2, -0.15) is 5.26 Å². The molecule has 1 saturated heterocycles. The van der Waals surface area contributed by atoms with Crippen LogP contribution in [-0.4, -0.2) is 30.3 Å². The first-order valence-electron chi connectivity index (χ1n) is 7.87. The van der Waals surface area contributed by atoms with Crippen LogP contribution in [0.3, 0.4) is 0 Å². The fourth-order valence-corrected chi connectivity index (χ4v) is 2.96. The SMILES string of the molecule is CC1CN(c2ccc(CNC3CC3)cc2C#N)CCC1O. The molecule has 1 aromatic carbocycles. The summed E-state index contributed by atoms with van der Waals surface area (Å²) < 4.78 is 0. The number of aliphatic hydroxyl groups is 1. The van der Waals surface area contributed by atoms with E-state index < -0.39 is 0 Å². The molecular weight excluding hydrogens is 262 g/mol. The first-order valence-corrected chi connectivity index (χ1v) is 7.87. The molecule has 2 unspecified atom stereocenters. The molecule has 0 spiro atoms. The van der Waals surface area contributed by atoms with Crippen LogP contribution >= 0.6 is 0 Å². The lowest BCUT2D eigenvalue weighted by Gasteiger charge is -2.36. The van der Waals surface area contributed by atoms with E-state index in [-0.39, 0.29) is 12.0 Å². The van der Waals surface area contributed by atoms with Gasteiger partial charge in [0.05, 0.1) is 17.4 Å². The second-order valence-electron chi connectivity index (χ2n) is 6.40. The summed E-state index contributed by atoms with van der Waals surface area (Å²) in [5, 5.41) is 22.8. The molecule has 21 heavy (non-hydrogen) atoms. The van der Waals surface area contributed by atoms with Gasteiger partial charge in [-0.25, -0.2) is 0 Å². The summed E-state index contributed by atoms with van der Waals surface area (Å²) in [5.74, 6) is 0.251. The Hall–Kier alpha value is -1.57. The molecule has 1 aromatic rings. The maximum absolute atomic E-state index is 9.84. The van der Waals surface area contributed by atoms with E-state index in [4.69, 9.17) is 0 Å². The number of benzene rings is 1. The Kier molecular flexibility index (Phi) is 4.14. The van der Waals surface area contributed by atoms with E-state index >= 15 is 0 Å². The van der Waals surface area contributed by atoms with Gasteiger partial charge in [0.1, 0.15) is 6.07 Å². The summed E-state index contributed by atoms with van der Waals surface area (Å²) in [6.45, 7) is 4.54. The maximum atomic E-state index is 9.84. The van der Waals surface area contributed by atoms with Crippen molar-refractivity contribution >= 4 is 5.69 Å². The molecule has 4 nitrogen and oxygen atoms in total. The molecule has 3 rings (SSSR count). The van der Waals surface area contributed by atoms with Crippen LogP contribution < -0.4 is 10.2 Å². The van der Waals surface area contributed by atoms with Crippen molar-refractivity contribution in [1.29, 1.82) is 5.26 Å². The summed E-state index contributed by atoms with van der Waals surface area (Å²) in [6, 6.07) is 9.19. The van der Waals surface area contributed by atoms with Crippen molar-refractivity contribution in [2.24, 2.45) is 5.92 Å². The van der Waals surface area contributed by atoms with E-state index in [9.17, 15) is 10.4 Å². The summed E-state index contributed by atoms with van der Waals surface area (Å²) in [5.41, 5.74) is 2.92. The number of hydrogen-bond donors (Lipinski definition) is 2. The number of nitriles is 1. The highest BCUT2D eigenvalue weighted by Crippen LogP contribution is 2.27. The normalized spacial score (nSPS) is 25.7. The predicted molar refractivity (Wildman–Crippen MR) is 83.0 cm³/mol. The van der Waals surface area contributed by atoms with Crippen LogP contribution in [0.25, 0.3) is 0 Å². The first-order chi connectivity index (χ1) is 10.2. The van der Waals surface area contributed by atoms with Crippen molar-refractivity contribution in [3.63, 3.8) is 0 Å². The van der Waals surface area contributed by atoms with E-state index in [1.54, 1.807) is 0 Å². The molecule has 1 aliphatic carbocycles. The van der Waals surface area contributed by atoms with E-state index in [1.165, 1.54) is 18.4 Å². The first kappa shape index (κ1) is 14.4. The topological polar surface area (TPSA) is 59.3 Å². The molecule has 1 aliphatic heterocycles. The minimum atomic E-state index is -0.214. The molecule has 1 saturated carbocycles. The van der Waals surface area contributed by atoms with Gasteiger partial charge in [-0.15, -0.1) is 0 Å². The van der Waals surface area contributed by atoms with Gasteiger partial charge in [-0.1, -0.05) is 13.0 Å². The molecule has 2 N–H and O–H groups in total. The summed E-state index contributed by atoms with van der Waals surface area (Å²) >= 11 is 0. The number of piperidine rings is 1. The van der Waals surface area contributed by atoms with E-state index in [2.05, 4.69) is 35.3 Å². The fraction of sp³-hybridized carbons (Fsp3) is 0.588. The second kappa shape index (κ2) is 6.05. The van der Waals surface area contributed by atoms with Gasteiger partial charge in [-0.05, 0) is 42.9 Å². The zero-order valence-corrected chi connectivity index (χ0v) is 12.5. The summed E-state index contributed by atoms with van der Waals surface area (Å²) in [6.07, 6.45) is 3.11. The molecule has 0 radical (unpaired) electrons. The lowest BCUT2D eigenvalue weighted by atomic mass is 9.95. The third-order valence-electron chi connectivity index (χ3n) is 4.55. The highest BCUT2D eigenvalue weighted by atomic mass is 16.3. The van der Waals surface area contributed by atoms with Crippen molar-refractivity contribution in [3.8, 4) is 6.07 Å². The molecule has 1 heterocycles. The molecule has 112 valence electrons. The third kappa shape index (κ3) is 3.37. The van der Waals surface area contributed by atoms with Crippen molar-refractivity contribution in [2.45, 2.75) is 44.9 Å². The minimum absolute atomic E-state index is 0.214. The van der Waals surface area contributed by atoms with Gasteiger partial charge >= 0.3 is 0 Å². The average Bonchev–Trinajstić information content (AvgIpc) is 3.32. The number of nitrogens with zero attached hydrogens (tertiary/aromatic N) is 2. The van der Waals surface area contributed by atoms with Gasteiger partial charge in [0.15, 0.2) is 0 Å². The highest BCUT2D eigenvalue weighted by molar-refractivity contribution is 5.60. The Morgan fingerprint density at radius 3 is 2.86 bits per heavy atom. The fourth-order valence-electron chi connectivity index (χ4n) is 2.96. The molecule has 0 aromatic heterocycles. The molecule has 2 atom stereocenters. The van der Waals surface area contributed by atoms with Crippen LogP contribution in [0.4, 0.5) is 5.69 Å². The lowest BCUT2D eigenvalue weighted by molar-refractivity contribution is 0.0971. The van der Waals surface area contributed by atoms with Crippen LogP contribution in [0.5, 0.6) is 0 Å². The van der Waals surface area contributed by atoms with Crippen LogP contribution in [0.2, 0.25) is 0 Å². The van der Waals surface area contributed by atoms with E-state index in [1.807, 2.05) is 6.07 Å². The predicted octanol–water partition coefficient (Wildman–Crippen LogP) is 2.02. The quantitative estimate of drug-likeness (QED) is 0.888. The van der Waals surface area contributed by atoms with Crippen LogP contribution in [0.1, 0.15) is 37.3 Å². The Morgan fingerprint density at radius 1 is 1.38 bits per heavy atom. The van der Waals surface area contributed by atoms with Gasteiger partial charge < -0.3 is 15.3 Å². The molecule has 2 fully saturated rings. The summed E-state index contributed by atoms with van der Waals surface area (Å²) in [4.78, 5) is 2.23. The average molecular weight is 285 g/mol. The zero-order chi connectivity index (χ0) is 14.8. The summed E-state index contributed by atoms with van der Waals surface area (Å²) in [7, 11) is 0. The van der Waals surface area contributed by atoms with E-state index in [0.717, 1.165) is 37.3 Å². The highest BCUT2D eigenvalue weighted by Gasteiger charge is 2.26. The van der Waals surface area contributed by atoms with Gasteiger partial charge in [0, 0.05) is 25.7 Å². The smallest absolute Gasteiger partial charge is 0.101 e. The number of rotatable bonds is 4. The van der Waals surface area contributed by atoms with E-state index in [0.29, 0.717) is 6.04 Å². The second-order valence-corrected chi connectivity index (χ2v) is 6.40. The number of aliphatic hydroxyl groups excluding tert-OH is 1. The standard InChI is InChI=1S/C17H23N3O/c1-12-11-20(7-6-17(12)21)16-5-2-13(8-14(16)9-18)10-19-15-3-4-15/h2,5,8,12,15,17,19,21H,3-4,6-7,10-11H2,1H3. The molecule has 0 bridgehead atoms. The Labute approximate surface area is 126 Å². The van der Waals surface area contributed by atoms with Crippen LogP contribution in [0.15, 0.2) is 18.2 Å². The van der Waals surface area contributed by atoms with Gasteiger partial charge in [0.25, 0.3) is 0 Å². The molecule has 2 aliphatic rings. The lowest BCUT2D eigenvalue weighted by Crippen LogP contribution is -2.42. The largest absolute Gasteiger partial charge is 0.393 e. The third-order valence-corrected chi connectivity index (χ3v) is 4.55. The van der Waals surface area contributed by atoms with Crippen molar-refractivity contribution in [2.75, 3.05) is 18.0 Å². The van der Waals surface area contributed by atoms with Gasteiger partial charge in [-0.3, -0.25) is 0 Å². The maximum Gasteiger partial charge on any atom is 0.101 e. The monoisotopic (exact) mass is 285 g/mol. The molecule has 0 amide bonds. The van der Waals surface area contributed by atoms with Crippen LogP contribution in [-0.2, 0) is 6.54 Å². The molecular formula is C17H23N3O. The number of nitrogens with one attached hydrogen (secondary N) is 1. The minimum Gasteiger partial charge on any atom is -0.393 e. The van der Waals surface area contributed by atoms with Crippen molar-refractivity contribution in [3.05, 3.63) is 29.3 Å². The number of anilines is 1. The van der Waals surface area contributed by atoms with Crippen LogP contribution in [0, 0.1) is 17.2 Å². The molecule has 4 heteroatoms. The zero-order valence-electron chi connectivity index (χ0n) is 12.5.